The van der Waals surface area contributed by atoms with E-state index in [-0.39, 0.29) is 11.8 Å². The highest BCUT2D eigenvalue weighted by Gasteiger charge is 2.18. The lowest BCUT2D eigenvalue weighted by molar-refractivity contribution is -0.112. The van der Waals surface area contributed by atoms with Gasteiger partial charge in [0.1, 0.15) is 11.5 Å². The van der Waals surface area contributed by atoms with Crippen molar-refractivity contribution in [3.05, 3.63) is 0 Å². The molecule has 0 aromatic carbocycles. The normalized spacial score (nSPS) is 23.3. The zero-order valence-electron chi connectivity index (χ0n) is 6.46. The molecule has 11 heavy (non-hydrogen) atoms. The zero-order chi connectivity index (χ0) is 8.43. The van der Waals surface area contributed by atoms with Crippen LogP contribution in [0.15, 0.2) is 10.1 Å². The van der Waals surface area contributed by atoms with Gasteiger partial charge in [-0.1, -0.05) is 0 Å². The Kier molecular flexibility index (Phi) is 1.89. The van der Waals surface area contributed by atoms with E-state index in [2.05, 4.69) is 15.5 Å². The molecule has 0 aliphatic carbocycles. The molecule has 0 bridgehead atoms. The molecule has 1 unspecified atom stereocenters. The van der Waals surface area contributed by atoms with Crippen LogP contribution in [0.3, 0.4) is 0 Å². The Labute approximate surface area is 64.4 Å². The Bertz CT molecular complexity index is 243. The maximum Gasteiger partial charge on any atom is 0.267 e. The first-order chi connectivity index (χ1) is 5.11. The summed E-state index contributed by atoms with van der Waals surface area (Å²) >= 11 is 0. The predicted octanol–water partition coefficient (Wildman–Crippen LogP) is -0.762. The highest BCUT2D eigenvalue weighted by atomic mass is 16.1. The van der Waals surface area contributed by atoms with E-state index in [1.54, 1.807) is 13.8 Å². The molecule has 0 radical (unpaired) electrons. The minimum Gasteiger partial charge on any atom is -0.364 e. The third kappa shape index (κ3) is 1.54. The third-order valence-electron chi connectivity index (χ3n) is 1.37. The molecule has 1 aliphatic rings. The molecular formula is C6H10N4O. The van der Waals surface area contributed by atoms with E-state index in [1.807, 2.05) is 0 Å². The number of hydrogen-bond acceptors (Lipinski definition) is 4. The number of nitrogens with zero attached hydrogens (tertiary/aromatic N) is 2. The van der Waals surface area contributed by atoms with E-state index < -0.39 is 5.91 Å². The number of primary amides is 1. The second kappa shape index (κ2) is 2.69. The van der Waals surface area contributed by atoms with Crippen LogP contribution < -0.4 is 11.2 Å². The fraction of sp³-hybridized carbons (Fsp3) is 0.500. The first kappa shape index (κ1) is 7.71. The molecule has 0 spiro atoms. The predicted molar refractivity (Wildman–Crippen MR) is 42.3 cm³/mol. The summed E-state index contributed by atoms with van der Waals surface area (Å²) in [6, 6.07) is -0.228. The lowest BCUT2D eigenvalue weighted by atomic mass is 10.2. The van der Waals surface area contributed by atoms with Crippen molar-refractivity contribution >= 4 is 17.5 Å². The van der Waals surface area contributed by atoms with E-state index in [0.717, 1.165) is 0 Å². The van der Waals surface area contributed by atoms with Gasteiger partial charge in [-0.15, -0.1) is 0 Å². The van der Waals surface area contributed by atoms with Crippen molar-refractivity contribution in [1.29, 1.82) is 0 Å². The van der Waals surface area contributed by atoms with Crippen LogP contribution in [0.4, 0.5) is 0 Å². The maximum atomic E-state index is 10.7. The van der Waals surface area contributed by atoms with Crippen LogP contribution in [0.25, 0.3) is 0 Å². The van der Waals surface area contributed by atoms with Gasteiger partial charge in [0.2, 0.25) is 0 Å². The van der Waals surface area contributed by atoms with E-state index in [1.165, 1.54) is 0 Å². The second-order valence-electron chi connectivity index (χ2n) is 2.36. The number of hydrogen-bond donors (Lipinski definition) is 2. The molecule has 0 saturated carbocycles. The number of amides is 1. The minimum atomic E-state index is -0.527. The summed E-state index contributed by atoms with van der Waals surface area (Å²) in [6.07, 6.45) is 0. The SMILES string of the molecule is CC1=NC(C)C(C(N)=O)=NN1. The fourth-order valence-corrected chi connectivity index (χ4v) is 0.876. The number of aliphatic imine (C=N–C) groups is 1. The fourth-order valence-electron chi connectivity index (χ4n) is 0.876. The standard InChI is InChI=1S/C6H10N4O/c1-3-5(6(7)11)10-9-4(2)8-3/h3H,1-2H3,(H2,7,11)(H,8,9). The highest BCUT2D eigenvalue weighted by molar-refractivity contribution is 6.40. The Morgan fingerprint density at radius 2 is 2.36 bits per heavy atom. The number of amidine groups is 1. The van der Waals surface area contributed by atoms with Gasteiger partial charge in [-0.3, -0.25) is 15.2 Å². The summed E-state index contributed by atoms with van der Waals surface area (Å²) in [6.45, 7) is 3.55. The smallest absolute Gasteiger partial charge is 0.267 e. The van der Waals surface area contributed by atoms with Crippen molar-refractivity contribution < 1.29 is 4.79 Å². The summed E-state index contributed by atoms with van der Waals surface area (Å²) in [4.78, 5) is 14.7. The van der Waals surface area contributed by atoms with Crippen LogP contribution in [0.2, 0.25) is 0 Å². The molecule has 1 rings (SSSR count). The second-order valence-corrected chi connectivity index (χ2v) is 2.36. The van der Waals surface area contributed by atoms with Crippen LogP contribution in [0.1, 0.15) is 13.8 Å². The first-order valence-electron chi connectivity index (χ1n) is 3.29. The van der Waals surface area contributed by atoms with Gasteiger partial charge in [0, 0.05) is 0 Å². The van der Waals surface area contributed by atoms with Crippen molar-refractivity contribution in [1.82, 2.24) is 5.43 Å². The van der Waals surface area contributed by atoms with Gasteiger partial charge >= 0.3 is 0 Å². The molecule has 60 valence electrons. The molecule has 1 heterocycles. The van der Waals surface area contributed by atoms with Crippen molar-refractivity contribution in [3.63, 3.8) is 0 Å². The van der Waals surface area contributed by atoms with Crippen LogP contribution in [0, 0.1) is 0 Å². The van der Waals surface area contributed by atoms with Gasteiger partial charge in [-0.2, -0.15) is 5.10 Å². The van der Waals surface area contributed by atoms with Gasteiger partial charge in [0.25, 0.3) is 5.91 Å². The number of nitrogens with two attached hydrogens (primary N) is 1. The van der Waals surface area contributed by atoms with Crippen molar-refractivity contribution in [2.24, 2.45) is 15.8 Å². The van der Waals surface area contributed by atoms with Crippen molar-refractivity contribution in [2.75, 3.05) is 0 Å². The molecule has 0 aromatic heterocycles. The molecule has 0 saturated heterocycles. The molecule has 1 aliphatic heterocycles. The molecular weight excluding hydrogens is 144 g/mol. The Morgan fingerprint density at radius 1 is 1.73 bits per heavy atom. The summed E-state index contributed by atoms with van der Waals surface area (Å²) < 4.78 is 0. The van der Waals surface area contributed by atoms with Gasteiger partial charge in [-0.25, -0.2) is 0 Å². The lowest BCUT2D eigenvalue weighted by Crippen LogP contribution is -2.38. The van der Waals surface area contributed by atoms with Crippen LogP contribution >= 0.6 is 0 Å². The van der Waals surface area contributed by atoms with E-state index in [4.69, 9.17) is 5.73 Å². The van der Waals surface area contributed by atoms with Crippen molar-refractivity contribution in [2.45, 2.75) is 19.9 Å². The summed E-state index contributed by atoms with van der Waals surface area (Å²) in [7, 11) is 0. The van der Waals surface area contributed by atoms with Crippen LogP contribution in [-0.4, -0.2) is 23.5 Å². The molecule has 5 nitrogen and oxygen atoms in total. The Balaban J connectivity index is 2.80. The monoisotopic (exact) mass is 154 g/mol. The largest absolute Gasteiger partial charge is 0.364 e. The quantitative estimate of drug-likeness (QED) is 0.520. The lowest BCUT2D eigenvalue weighted by Gasteiger charge is -2.14. The van der Waals surface area contributed by atoms with E-state index in [9.17, 15) is 4.79 Å². The number of rotatable bonds is 1. The van der Waals surface area contributed by atoms with Crippen LogP contribution in [0.5, 0.6) is 0 Å². The van der Waals surface area contributed by atoms with Gasteiger partial charge in [0.15, 0.2) is 0 Å². The minimum absolute atomic E-state index is 0.228. The van der Waals surface area contributed by atoms with E-state index >= 15 is 0 Å². The highest BCUT2D eigenvalue weighted by Crippen LogP contribution is 1.98. The summed E-state index contributed by atoms with van der Waals surface area (Å²) in [5, 5.41) is 3.75. The average Bonchev–Trinajstić information content (AvgIpc) is 1.85. The van der Waals surface area contributed by atoms with Gasteiger partial charge in [0.05, 0.1) is 6.04 Å². The molecule has 3 N–H and O–H groups in total. The van der Waals surface area contributed by atoms with Gasteiger partial charge in [-0.05, 0) is 13.8 Å². The Morgan fingerprint density at radius 3 is 2.82 bits per heavy atom. The molecule has 1 atom stereocenters. The summed E-state index contributed by atoms with van der Waals surface area (Å²) in [5.41, 5.74) is 7.88. The maximum absolute atomic E-state index is 10.7. The number of hydrazone groups is 1. The van der Waals surface area contributed by atoms with Crippen molar-refractivity contribution in [3.8, 4) is 0 Å². The van der Waals surface area contributed by atoms with Gasteiger partial charge < -0.3 is 5.73 Å². The first-order valence-corrected chi connectivity index (χ1v) is 3.29. The molecule has 0 aromatic rings. The molecule has 1 amide bonds. The Hall–Kier alpha value is -1.39. The number of nitrogens with one attached hydrogen (secondary N) is 1. The number of carbonyl (C=O) groups excluding carboxylic acids is 1. The van der Waals surface area contributed by atoms with Crippen LogP contribution in [-0.2, 0) is 4.79 Å². The topological polar surface area (TPSA) is 79.8 Å². The zero-order valence-corrected chi connectivity index (χ0v) is 6.46. The third-order valence-corrected chi connectivity index (χ3v) is 1.37. The molecule has 0 fully saturated rings. The van der Waals surface area contributed by atoms with E-state index in [0.29, 0.717) is 5.84 Å². The average molecular weight is 154 g/mol. The summed E-state index contributed by atoms with van der Waals surface area (Å²) in [5.74, 6) is 0.170. The number of carbonyl (C=O) groups is 1. The molecule has 5 heteroatoms.